The number of hydrogen-bond donors (Lipinski definition) is 1. The first-order valence-electron chi connectivity index (χ1n) is 5.26. The Bertz CT molecular complexity index is 318. The molecule has 0 unspecified atom stereocenters. The maximum Gasteiger partial charge on any atom is 0.124 e. The van der Waals surface area contributed by atoms with Crippen molar-refractivity contribution >= 4 is 0 Å². The first-order chi connectivity index (χ1) is 6.79. The zero-order valence-electron chi connectivity index (χ0n) is 8.62. The van der Waals surface area contributed by atoms with Gasteiger partial charge in [0.1, 0.15) is 5.75 Å². The lowest BCUT2D eigenvalue weighted by Crippen LogP contribution is -2.25. The highest BCUT2D eigenvalue weighted by atomic mass is 16.5. The molecule has 1 aromatic rings. The molecule has 2 rings (SSSR count). The largest absolute Gasteiger partial charge is 0.490 e. The second kappa shape index (κ2) is 4.01. The van der Waals surface area contributed by atoms with Crippen molar-refractivity contribution < 1.29 is 4.74 Å². The highest BCUT2D eigenvalue weighted by Crippen LogP contribution is 2.27. The van der Waals surface area contributed by atoms with Gasteiger partial charge < -0.3 is 10.5 Å². The zero-order valence-corrected chi connectivity index (χ0v) is 8.62. The van der Waals surface area contributed by atoms with Crippen molar-refractivity contribution in [2.45, 2.75) is 38.8 Å². The maximum absolute atomic E-state index is 5.85. The Morgan fingerprint density at radius 2 is 2.21 bits per heavy atom. The van der Waals surface area contributed by atoms with E-state index in [4.69, 9.17) is 10.5 Å². The van der Waals surface area contributed by atoms with Crippen LogP contribution in [-0.2, 0) is 6.54 Å². The summed E-state index contributed by atoms with van der Waals surface area (Å²) in [5.41, 5.74) is 8.04. The average molecular weight is 191 g/mol. The Morgan fingerprint density at radius 3 is 2.79 bits per heavy atom. The van der Waals surface area contributed by atoms with Crippen molar-refractivity contribution in [3.05, 3.63) is 29.3 Å². The topological polar surface area (TPSA) is 35.2 Å². The van der Waals surface area contributed by atoms with Gasteiger partial charge in [-0.2, -0.15) is 0 Å². The molecule has 1 aliphatic carbocycles. The van der Waals surface area contributed by atoms with Crippen LogP contribution in [0.4, 0.5) is 0 Å². The predicted octanol–water partition coefficient (Wildman–Crippen LogP) is 2.39. The van der Waals surface area contributed by atoms with Gasteiger partial charge in [0.25, 0.3) is 0 Å². The van der Waals surface area contributed by atoms with Crippen LogP contribution in [0, 0.1) is 6.92 Å². The standard InChI is InChI=1S/C12H17NO/c1-9-5-6-12(10(7-9)8-13)14-11-3-2-4-11/h5-7,11H,2-4,8,13H2,1H3. The van der Waals surface area contributed by atoms with Gasteiger partial charge in [-0.3, -0.25) is 0 Å². The molecule has 0 aliphatic heterocycles. The van der Waals surface area contributed by atoms with E-state index in [1.54, 1.807) is 0 Å². The number of benzene rings is 1. The Labute approximate surface area is 85.1 Å². The van der Waals surface area contributed by atoms with Crippen LogP contribution in [0.5, 0.6) is 5.75 Å². The molecule has 1 fully saturated rings. The van der Waals surface area contributed by atoms with E-state index < -0.39 is 0 Å². The van der Waals surface area contributed by atoms with E-state index in [2.05, 4.69) is 19.1 Å². The number of ether oxygens (including phenoxy) is 1. The van der Waals surface area contributed by atoms with Crippen LogP contribution in [0.25, 0.3) is 0 Å². The Balaban J connectivity index is 2.14. The molecule has 1 aromatic carbocycles. The van der Waals surface area contributed by atoms with Crippen LogP contribution >= 0.6 is 0 Å². The smallest absolute Gasteiger partial charge is 0.124 e. The minimum atomic E-state index is 0.433. The van der Waals surface area contributed by atoms with Crippen LogP contribution in [-0.4, -0.2) is 6.10 Å². The molecule has 0 radical (unpaired) electrons. The summed E-state index contributed by atoms with van der Waals surface area (Å²) >= 11 is 0. The lowest BCUT2D eigenvalue weighted by molar-refractivity contribution is 0.119. The van der Waals surface area contributed by atoms with Crippen molar-refractivity contribution in [1.82, 2.24) is 0 Å². The van der Waals surface area contributed by atoms with Crippen LogP contribution < -0.4 is 10.5 Å². The summed E-state index contributed by atoms with van der Waals surface area (Å²) < 4.78 is 5.85. The highest BCUT2D eigenvalue weighted by Gasteiger charge is 2.19. The fourth-order valence-corrected chi connectivity index (χ4v) is 1.65. The SMILES string of the molecule is Cc1ccc(OC2CCC2)c(CN)c1. The van der Waals surface area contributed by atoms with Crippen molar-refractivity contribution in [2.24, 2.45) is 5.73 Å². The molecule has 2 N–H and O–H groups in total. The van der Waals surface area contributed by atoms with E-state index in [1.165, 1.54) is 24.8 Å². The molecule has 76 valence electrons. The molecular weight excluding hydrogens is 174 g/mol. The van der Waals surface area contributed by atoms with E-state index >= 15 is 0 Å². The number of rotatable bonds is 3. The maximum atomic E-state index is 5.85. The Kier molecular flexibility index (Phi) is 2.73. The fraction of sp³-hybridized carbons (Fsp3) is 0.500. The molecule has 0 aromatic heterocycles. The van der Waals surface area contributed by atoms with Crippen LogP contribution in [0.3, 0.4) is 0 Å². The number of nitrogens with two attached hydrogens (primary N) is 1. The van der Waals surface area contributed by atoms with Gasteiger partial charge in [0.05, 0.1) is 6.10 Å². The molecule has 0 spiro atoms. The van der Waals surface area contributed by atoms with E-state index in [1.807, 2.05) is 6.07 Å². The van der Waals surface area contributed by atoms with Gasteiger partial charge in [-0.25, -0.2) is 0 Å². The van der Waals surface area contributed by atoms with Crippen molar-refractivity contribution in [3.63, 3.8) is 0 Å². The lowest BCUT2D eigenvalue weighted by Gasteiger charge is -2.27. The number of hydrogen-bond acceptors (Lipinski definition) is 2. The van der Waals surface area contributed by atoms with Gasteiger partial charge in [-0.05, 0) is 32.3 Å². The molecular formula is C12H17NO. The molecule has 1 aliphatic rings. The lowest BCUT2D eigenvalue weighted by atomic mass is 9.96. The summed E-state index contributed by atoms with van der Waals surface area (Å²) in [4.78, 5) is 0. The Morgan fingerprint density at radius 1 is 1.43 bits per heavy atom. The van der Waals surface area contributed by atoms with Crippen molar-refractivity contribution in [1.29, 1.82) is 0 Å². The summed E-state index contributed by atoms with van der Waals surface area (Å²) in [6.45, 7) is 2.63. The molecule has 0 atom stereocenters. The van der Waals surface area contributed by atoms with Gasteiger partial charge >= 0.3 is 0 Å². The van der Waals surface area contributed by atoms with Gasteiger partial charge in [0.15, 0.2) is 0 Å². The van der Waals surface area contributed by atoms with E-state index in [0.29, 0.717) is 12.6 Å². The molecule has 0 amide bonds. The van der Waals surface area contributed by atoms with Crippen molar-refractivity contribution in [2.75, 3.05) is 0 Å². The van der Waals surface area contributed by atoms with Gasteiger partial charge in [0.2, 0.25) is 0 Å². The van der Waals surface area contributed by atoms with Crippen LogP contribution in [0.1, 0.15) is 30.4 Å². The fourth-order valence-electron chi connectivity index (χ4n) is 1.65. The summed E-state index contributed by atoms with van der Waals surface area (Å²) in [7, 11) is 0. The Hall–Kier alpha value is -1.02. The summed E-state index contributed by atoms with van der Waals surface area (Å²) in [5.74, 6) is 0.975. The monoisotopic (exact) mass is 191 g/mol. The van der Waals surface area contributed by atoms with Gasteiger partial charge in [-0.1, -0.05) is 17.7 Å². The van der Waals surface area contributed by atoms with Crippen LogP contribution in [0.2, 0.25) is 0 Å². The van der Waals surface area contributed by atoms with Gasteiger partial charge in [0, 0.05) is 12.1 Å². The quantitative estimate of drug-likeness (QED) is 0.796. The normalized spacial score (nSPS) is 16.4. The first kappa shape index (κ1) is 9.53. The minimum absolute atomic E-state index is 0.433. The third kappa shape index (κ3) is 1.90. The molecule has 0 bridgehead atoms. The third-order valence-electron chi connectivity index (χ3n) is 2.78. The summed E-state index contributed by atoms with van der Waals surface area (Å²) in [5, 5.41) is 0. The molecule has 2 nitrogen and oxygen atoms in total. The second-order valence-electron chi connectivity index (χ2n) is 3.99. The summed E-state index contributed by atoms with van der Waals surface area (Å²) in [6, 6.07) is 6.22. The average Bonchev–Trinajstić information content (AvgIpc) is 2.13. The molecule has 14 heavy (non-hydrogen) atoms. The number of aryl methyl sites for hydroxylation is 1. The van der Waals surface area contributed by atoms with E-state index in [-0.39, 0.29) is 0 Å². The van der Waals surface area contributed by atoms with E-state index in [9.17, 15) is 0 Å². The zero-order chi connectivity index (χ0) is 9.97. The second-order valence-corrected chi connectivity index (χ2v) is 3.99. The van der Waals surface area contributed by atoms with Crippen LogP contribution in [0.15, 0.2) is 18.2 Å². The molecule has 0 saturated heterocycles. The van der Waals surface area contributed by atoms with E-state index in [0.717, 1.165) is 11.3 Å². The van der Waals surface area contributed by atoms with Crippen molar-refractivity contribution in [3.8, 4) is 5.75 Å². The molecule has 2 heteroatoms. The first-order valence-corrected chi connectivity index (χ1v) is 5.26. The minimum Gasteiger partial charge on any atom is -0.490 e. The highest BCUT2D eigenvalue weighted by molar-refractivity contribution is 5.37. The predicted molar refractivity (Wildman–Crippen MR) is 57.3 cm³/mol. The third-order valence-corrected chi connectivity index (χ3v) is 2.78. The van der Waals surface area contributed by atoms with Gasteiger partial charge in [-0.15, -0.1) is 0 Å². The molecule has 1 saturated carbocycles. The molecule has 0 heterocycles. The summed E-state index contributed by atoms with van der Waals surface area (Å²) in [6.07, 6.45) is 4.12.